The van der Waals surface area contributed by atoms with E-state index in [0.717, 1.165) is 0 Å². The standard InChI is InChI=1S/C10H17N3O3S/c1-7(6-14)13(2)8-4-3-5-9(10(8)11)17(12,15)16/h3-5,7,14H,6,11H2,1-2H3,(H2,12,15,16). The molecule has 0 heterocycles. The van der Waals surface area contributed by atoms with Gasteiger partial charge in [-0.05, 0) is 19.1 Å². The minimum atomic E-state index is -3.84. The summed E-state index contributed by atoms with van der Waals surface area (Å²) in [7, 11) is -2.11. The number of nitrogens with two attached hydrogens (primary N) is 2. The number of benzene rings is 1. The molecule has 0 aromatic heterocycles. The van der Waals surface area contributed by atoms with E-state index >= 15 is 0 Å². The molecule has 5 N–H and O–H groups in total. The van der Waals surface area contributed by atoms with Gasteiger partial charge in [0.1, 0.15) is 4.90 Å². The summed E-state index contributed by atoms with van der Waals surface area (Å²) >= 11 is 0. The second-order valence-electron chi connectivity index (χ2n) is 3.88. The lowest BCUT2D eigenvalue weighted by atomic mass is 10.2. The largest absolute Gasteiger partial charge is 0.396 e. The predicted molar refractivity (Wildman–Crippen MR) is 67.2 cm³/mol. The van der Waals surface area contributed by atoms with Gasteiger partial charge in [0.2, 0.25) is 10.0 Å². The lowest BCUT2D eigenvalue weighted by Gasteiger charge is -2.27. The fourth-order valence-corrected chi connectivity index (χ4v) is 2.13. The normalized spacial score (nSPS) is 13.4. The molecule has 1 atom stereocenters. The highest BCUT2D eigenvalue weighted by atomic mass is 32.2. The molecule has 96 valence electrons. The number of hydrogen-bond acceptors (Lipinski definition) is 5. The van der Waals surface area contributed by atoms with Crippen molar-refractivity contribution in [3.8, 4) is 0 Å². The molecule has 0 amide bonds. The molecular formula is C10H17N3O3S. The monoisotopic (exact) mass is 259 g/mol. The Balaban J connectivity index is 3.29. The van der Waals surface area contributed by atoms with Crippen LogP contribution in [-0.4, -0.2) is 33.2 Å². The summed E-state index contributed by atoms with van der Waals surface area (Å²) in [6.07, 6.45) is 0. The zero-order chi connectivity index (χ0) is 13.2. The van der Waals surface area contributed by atoms with E-state index < -0.39 is 10.0 Å². The molecule has 0 fully saturated rings. The van der Waals surface area contributed by atoms with E-state index in [4.69, 9.17) is 16.0 Å². The van der Waals surface area contributed by atoms with Crippen molar-refractivity contribution < 1.29 is 13.5 Å². The molecule has 1 aromatic rings. The summed E-state index contributed by atoms with van der Waals surface area (Å²) in [5, 5.41) is 14.1. The van der Waals surface area contributed by atoms with E-state index in [1.165, 1.54) is 6.07 Å². The number of likely N-dealkylation sites (N-methyl/N-ethyl adjacent to an activating group) is 1. The molecule has 1 aromatic carbocycles. The molecule has 0 bridgehead atoms. The Hall–Kier alpha value is -1.31. The van der Waals surface area contributed by atoms with E-state index in [1.807, 2.05) is 0 Å². The second-order valence-corrected chi connectivity index (χ2v) is 5.41. The molecule has 0 radical (unpaired) electrons. The summed E-state index contributed by atoms with van der Waals surface area (Å²) in [5.74, 6) is 0. The van der Waals surface area contributed by atoms with Crippen LogP contribution in [0.25, 0.3) is 0 Å². The van der Waals surface area contributed by atoms with Crippen LogP contribution in [0.4, 0.5) is 11.4 Å². The molecule has 1 rings (SSSR count). The Labute approximate surface area is 101 Å². The minimum absolute atomic E-state index is 0.0600. The first kappa shape index (κ1) is 13.8. The van der Waals surface area contributed by atoms with E-state index in [9.17, 15) is 8.42 Å². The average molecular weight is 259 g/mol. The van der Waals surface area contributed by atoms with Crippen LogP contribution in [0.3, 0.4) is 0 Å². The van der Waals surface area contributed by atoms with Crippen LogP contribution in [0, 0.1) is 0 Å². The zero-order valence-electron chi connectivity index (χ0n) is 9.79. The first-order chi connectivity index (χ1) is 7.79. The van der Waals surface area contributed by atoms with Crippen molar-refractivity contribution in [2.24, 2.45) is 5.14 Å². The highest BCUT2D eigenvalue weighted by Crippen LogP contribution is 2.29. The van der Waals surface area contributed by atoms with Gasteiger partial charge in [0, 0.05) is 13.1 Å². The van der Waals surface area contributed by atoms with E-state index in [-0.39, 0.29) is 23.2 Å². The van der Waals surface area contributed by atoms with Gasteiger partial charge in [-0.2, -0.15) is 0 Å². The molecular weight excluding hydrogens is 242 g/mol. The summed E-state index contributed by atoms with van der Waals surface area (Å²) in [5.41, 5.74) is 6.40. The first-order valence-electron chi connectivity index (χ1n) is 5.04. The van der Waals surface area contributed by atoms with Gasteiger partial charge in [-0.25, -0.2) is 13.6 Å². The third kappa shape index (κ3) is 2.87. The molecule has 0 saturated heterocycles. The number of aliphatic hydroxyl groups excluding tert-OH is 1. The minimum Gasteiger partial charge on any atom is -0.396 e. The van der Waals surface area contributed by atoms with Crippen LogP contribution in [-0.2, 0) is 10.0 Å². The number of para-hydroxylation sites is 1. The van der Waals surface area contributed by atoms with Crippen molar-refractivity contribution >= 4 is 21.4 Å². The van der Waals surface area contributed by atoms with Gasteiger partial charge >= 0.3 is 0 Å². The van der Waals surface area contributed by atoms with Gasteiger partial charge < -0.3 is 15.7 Å². The number of hydrogen-bond donors (Lipinski definition) is 3. The molecule has 0 aliphatic rings. The maximum Gasteiger partial charge on any atom is 0.240 e. The Kier molecular flexibility index (Phi) is 3.97. The molecule has 17 heavy (non-hydrogen) atoms. The summed E-state index contributed by atoms with van der Waals surface area (Å²) < 4.78 is 22.6. The van der Waals surface area contributed by atoms with Gasteiger partial charge in [-0.1, -0.05) is 6.07 Å². The van der Waals surface area contributed by atoms with Crippen LogP contribution in [0.15, 0.2) is 23.1 Å². The maximum absolute atomic E-state index is 11.3. The molecule has 6 nitrogen and oxygen atoms in total. The molecule has 0 saturated carbocycles. The number of primary sulfonamides is 1. The van der Waals surface area contributed by atoms with Gasteiger partial charge in [0.05, 0.1) is 18.0 Å². The smallest absolute Gasteiger partial charge is 0.240 e. The maximum atomic E-state index is 11.3. The Morgan fingerprint density at radius 1 is 1.47 bits per heavy atom. The highest BCUT2D eigenvalue weighted by molar-refractivity contribution is 7.89. The van der Waals surface area contributed by atoms with Crippen LogP contribution >= 0.6 is 0 Å². The average Bonchev–Trinajstić information content (AvgIpc) is 2.25. The van der Waals surface area contributed by atoms with Crippen molar-refractivity contribution in [1.29, 1.82) is 0 Å². The molecule has 1 unspecified atom stereocenters. The quantitative estimate of drug-likeness (QED) is 0.645. The fraction of sp³-hybridized carbons (Fsp3) is 0.400. The molecule has 0 spiro atoms. The summed E-state index contributed by atoms with van der Waals surface area (Å²) in [6, 6.07) is 4.42. The van der Waals surface area contributed by atoms with Crippen LogP contribution in [0.1, 0.15) is 6.92 Å². The van der Waals surface area contributed by atoms with Crippen molar-refractivity contribution in [2.45, 2.75) is 17.9 Å². The van der Waals surface area contributed by atoms with E-state index in [0.29, 0.717) is 5.69 Å². The van der Waals surface area contributed by atoms with Gasteiger partial charge in [-0.3, -0.25) is 0 Å². The predicted octanol–water partition coefficient (Wildman–Crippen LogP) is -0.267. The second kappa shape index (κ2) is 4.91. The van der Waals surface area contributed by atoms with Crippen molar-refractivity contribution in [3.63, 3.8) is 0 Å². The third-order valence-electron chi connectivity index (χ3n) is 2.66. The molecule has 7 heteroatoms. The number of rotatable bonds is 4. The number of aliphatic hydroxyl groups is 1. The molecule has 0 aliphatic carbocycles. The lowest BCUT2D eigenvalue weighted by molar-refractivity contribution is 0.270. The number of sulfonamides is 1. The van der Waals surface area contributed by atoms with Crippen LogP contribution in [0.2, 0.25) is 0 Å². The zero-order valence-corrected chi connectivity index (χ0v) is 10.6. The number of anilines is 2. The third-order valence-corrected chi connectivity index (χ3v) is 3.62. The molecule has 0 aliphatic heterocycles. The highest BCUT2D eigenvalue weighted by Gasteiger charge is 2.18. The Morgan fingerprint density at radius 3 is 2.53 bits per heavy atom. The topological polar surface area (TPSA) is 110 Å². The summed E-state index contributed by atoms with van der Waals surface area (Å²) in [4.78, 5) is 1.59. The van der Waals surface area contributed by atoms with Crippen molar-refractivity contribution in [3.05, 3.63) is 18.2 Å². The number of nitrogen functional groups attached to an aromatic ring is 1. The van der Waals surface area contributed by atoms with Crippen molar-refractivity contribution in [1.82, 2.24) is 0 Å². The van der Waals surface area contributed by atoms with E-state index in [1.54, 1.807) is 31.0 Å². The summed E-state index contributed by atoms with van der Waals surface area (Å²) in [6.45, 7) is 1.73. The van der Waals surface area contributed by atoms with Gasteiger partial charge in [-0.15, -0.1) is 0 Å². The first-order valence-corrected chi connectivity index (χ1v) is 6.58. The van der Waals surface area contributed by atoms with Gasteiger partial charge in [0.15, 0.2) is 0 Å². The Bertz CT molecular complexity index is 502. The SMILES string of the molecule is CC(CO)N(C)c1cccc(S(N)(=O)=O)c1N. The number of nitrogens with zero attached hydrogens (tertiary/aromatic N) is 1. The van der Waals surface area contributed by atoms with Crippen LogP contribution in [0.5, 0.6) is 0 Å². The van der Waals surface area contributed by atoms with Crippen LogP contribution < -0.4 is 15.8 Å². The van der Waals surface area contributed by atoms with E-state index in [2.05, 4.69) is 0 Å². The Morgan fingerprint density at radius 2 is 2.06 bits per heavy atom. The fourth-order valence-electron chi connectivity index (χ4n) is 1.45. The lowest BCUT2D eigenvalue weighted by Crippen LogP contribution is -2.32. The van der Waals surface area contributed by atoms with Gasteiger partial charge in [0.25, 0.3) is 0 Å². The van der Waals surface area contributed by atoms with Crippen molar-refractivity contribution in [2.75, 3.05) is 24.3 Å².